The van der Waals surface area contributed by atoms with Crippen LogP contribution in [0.3, 0.4) is 0 Å². The first kappa shape index (κ1) is 11.4. The lowest BCUT2D eigenvalue weighted by molar-refractivity contribution is 0.494. The van der Waals surface area contributed by atoms with Gasteiger partial charge in [-0.1, -0.05) is 55.8 Å². The molecule has 16 heavy (non-hydrogen) atoms. The normalized spacial score (nSPS) is 22.6. The summed E-state index contributed by atoms with van der Waals surface area (Å²) in [6.45, 7) is 4.66. The van der Waals surface area contributed by atoms with Crippen LogP contribution in [0.1, 0.15) is 51.0 Å². The van der Waals surface area contributed by atoms with Gasteiger partial charge in [-0.3, -0.25) is 0 Å². The van der Waals surface area contributed by atoms with Gasteiger partial charge in [0.1, 0.15) is 0 Å². The van der Waals surface area contributed by atoms with Gasteiger partial charge in [-0.15, -0.1) is 0 Å². The highest BCUT2D eigenvalue weighted by molar-refractivity contribution is 5.29. The zero-order chi connectivity index (χ0) is 11.4. The zero-order valence-electron chi connectivity index (χ0n) is 10.4. The van der Waals surface area contributed by atoms with Crippen LogP contribution in [-0.4, -0.2) is 0 Å². The van der Waals surface area contributed by atoms with Crippen molar-refractivity contribution < 1.29 is 0 Å². The lowest BCUT2D eigenvalue weighted by Crippen LogP contribution is -2.08. The predicted octanol–water partition coefficient (Wildman–Crippen LogP) is 4.93. The molecule has 0 heteroatoms. The van der Waals surface area contributed by atoms with Gasteiger partial charge < -0.3 is 0 Å². The van der Waals surface area contributed by atoms with E-state index in [0.29, 0.717) is 5.92 Å². The lowest BCUT2D eigenvalue weighted by atomic mass is 9.80. The van der Waals surface area contributed by atoms with Crippen molar-refractivity contribution in [1.29, 1.82) is 0 Å². The number of benzene rings is 1. The van der Waals surface area contributed by atoms with Crippen LogP contribution in [0.25, 0.3) is 0 Å². The maximum Gasteiger partial charge on any atom is 0.00455 e. The molecule has 0 N–H and O–H groups in total. The first-order valence-corrected chi connectivity index (χ1v) is 6.55. The Morgan fingerprint density at radius 3 is 2.56 bits per heavy atom. The largest absolute Gasteiger partial charge is 0.0844 e. The van der Waals surface area contributed by atoms with Gasteiger partial charge in [0.05, 0.1) is 0 Å². The molecule has 0 heterocycles. The van der Waals surface area contributed by atoms with Crippen LogP contribution >= 0.6 is 0 Å². The van der Waals surface area contributed by atoms with E-state index in [0.717, 1.165) is 5.92 Å². The summed E-state index contributed by atoms with van der Waals surface area (Å²) in [4.78, 5) is 0. The van der Waals surface area contributed by atoms with Crippen LogP contribution < -0.4 is 0 Å². The molecule has 0 aromatic heterocycles. The molecular weight excluding hydrogens is 192 g/mol. The fourth-order valence-electron chi connectivity index (χ4n) is 2.70. The van der Waals surface area contributed by atoms with Crippen LogP contribution in [-0.2, 0) is 0 Å². The second kappa shape index (κ2) is 5.34. The molecule has 0 saturated heterocycles. The van der Waals surface area contributed by atoms with E-state index in [4.69, 9.17) is 0 Å². The van der Waals surface area contributed by atoms with Crippen LogP contribution in [0.4, 0.5) is 0 Å². The molecule has 1 aromatic carbocycles. The fraction of sp³-hybridized carbons (Fsp3) is 0.500. The summed E-state index contributed by atoms with van der Waals surface area (Å²) in [5.74, 6) is 1.55. The SMILES string of the molecule is CCC(C1=CCC(C)CC1)c1ccccc1. The Bertz CT molecular complexity index is 348. The third kappa shape index (κ3) is 2.55. The van der Waals surface area contributed by atoms with E-state index in [-0.39, 0.29) is 0 Å². The fourth-order valence-corrected chi connectivity index (χ4v) is 2.70. The van der Waals surface area contributed by atoms with E-state index in [2.05, 4.69) is 50.3 Å². The Hall–Kier alpha value is -1.04. The highest BCUT2D eigenvalue weighted by Gasteiger charge is 2.18. The Morgan fingerprint density at radius 1 is 1.25 bits per heavy atom. The lowest BCUT2D eigenvalue weighted by Gasteiger charge is -2.25. The molecular formula is C16H22. The maximum atomic E-state index is 2.50. The maximum absolute atomic E-state index is 2.50. The molecule has 2 unspecified atom stereocenters. The van der Waals surface area contributed by atoms with Crippen molar-refractivity contribution in [2.75, 3.05) is 0 Å². The Morgan fingerprint density at radius 2 is 2.00 bits per heavy atom. The Balaban J connectivity index is 2.17. The van der Waals surface area contributed by atoms with Gasteiger partial charge in [-0.2, -0.15) is 0 Å². The van der Waals surface area contributed by atoms with Crippen LogP contribution in [0.2, 0.25) is 0 Å². The number of allylic oxidation sites excluding steroid dienone is 2. The van der Waals surface area contributed by atoms with E-state index >= 15 is 0 Å². The predicted molar refractivity (Wildman–Crippen MR) is 70.6 cm³/mol. The second-order valence-electron chi connectivity index (χ2n) is 5.03. The van der Waals surface area contributed by atoms with Gasteiger partial charge in [0, 0.05) is 5.92 Å². The third-order valence-electron chi connectivity index (χ3n) is 3.77. The van der Waals surface area contributed by atoms with Gasteiger partial charge >= 0.3 is 0 Å². The molecule has 0 fully saturated rings. The molecule has 1 aliphatic carbocycles. The highest BCUT2D eigenvalue weighted by atomic mass is 14.2. The summed E-state index contributed by atoms with van der Waals surface area (Å²) in [5.41, 5.74) is 3.16. The summed E-state index contributed by atoms with van der Waals surface area (Å²) < 4.78 is 0. The Kier molecular flexibility index (Phi) is 3.82. The summed E-state index contributed by atoms with van der Waals surface area (Å²) >= 11 is 0. The quantitative estimate of drug-likeness (QED) is 0.626. The van der Waals surface area contributed by atoms with Crippen molar-refractivity contribution in [3.05, 3.63) is 47.5 Å². The molecule has 0 amide bonds. The van der Waals surface area contributed by atoms with Crippen molar-refractivity contribution >= 4 is 0 Å². The topological polar surface area (TPSA) is 0 Å². The van der Waals surface area contributed by atoms with Crippen LogP contribution in [0.15, 0.2) is 42.0 Å². The van der Waals surface area contributed by atoms with Gasteiger partial charge in [0.15, 0.2) is 0 Å². The highest BCUT2D eigenvalue weighted by Crippen LogP contribution is 2.35. The molecule has 2 atom stereocenters. The first-order chi connectivity index (χ1) is 7.81. The molecule has 0 nitrogen and oxygen atoms in total. The average molecular weight is 214 g/mol. The smallest absolute Gasteiger partial charge is 0.00455 e. The zero-order valence-corrected chi connectivity index (χ0v) is 10.4. The van der Waals surface area contributed by atoms with E-state index in [1.54, 1.807) is 5.57 Å². The molecule has 0 aliphatic heterocycles. The number of rotatable bonds is 3. The minimum Gasteiger partial charge on any atom is -0.0844 e. The van der Waals surface area contributed by atoms with Gasteiger partial charge in [-0.25, -0.2) is 0 Å². The average Bonchev–Trinajstić information content (AvgIpc) is 2.34. The summed E-state index contributed by atoms with van der Waals surface area (Å²) in [6.07, 6.45) is 7.67. The minimum absolute atomic E-state index is 0.661. The standard InChI is InChI=1S/C16H22/c1-3-16(14-7-5-4-6-8-14)15-11-9-13(2)10-12-15/h4-8,11,13,16H,3,9-10,12H2,1-2H3. The van der Waals surface area contributed by atoms with Gasteiger partial charge in [0.2, 0.25) is 0 Å². The monoisotopic (exact) mass is 214 g/mol. The number of hydrogen-bond acceptors (Lipinski definition) is 0. The van der Waals surface area contributed by atoms with E-state index < -0.39 is 0 Å². The number of hydrogen-bond donors (Lipinski definition) is 0. The molecule has 86 valence electrons. The van der Waals surface area contributed by atoms with Crippen molar-refractivity contribution in [3.63, 3.8) is 0 Å². The molecule has 0 saturated carbocycles. The molecule has 2 rings (SSSR count). The molecule has 0 radical (unpaired) electrons. The Labute approximate surface area is 99.4 Å². The van der Waals surface area contributed by atoms with Crippen molar-refractivity contribution in [2.45, 2.75) is 45.4 Å². The summed E-state index contributed by atoms with van der Waals surface area (Å²) in [5, 5.41) is 0. The van der Waals surface area contributed by atoms with Gasteiger partial charge in [0.25, 0.3) is 0 Å². The summed E-state index contributed by atoms with van der Waals surface area (Å²) in [6, 6.07) is 11.0. The van der Waals surface area contributed by atoms with Crippen molar-refractivity contribution in [1.82, 2.24) is 0 Å². The minimum atomic E-state index is 0.661. The van der Waals surface area contributed by atoms with E-state index in [1.807, 2.05) is 0 Å². The van der Waals surface area contributed by atoms with Gasteiger partial charge in [-0.05, 0) is 37.2 Å². The van der Waals surface area contributed by atoms with Crippen LogP contribution in [0.5, 0.6) is 0 Å². The van der Waals surface area contributed by atoms with Crippen molar-refractivity contribution in [3.8, 4) is 0 Å². The molecule has 0 spiro atoms. The van der Waals surface area contributed by atoms with E-state index in [9.17, 15) is 0 Å². The van der Waals surface area contributed by atoms with E-state index in [1.165, 1.54) is 31.2 Å². The summed E-state index contributed by atoms with van der Waals surface area (Å²) in [7, 11) is 0. The third-order valence-corrected chi connectivity index (χ3v) is 3.77. The molecule has 0 bridgehead atoms. The van der Waals surface area contributed by atoms with Crippen LogP contribution in [0, 0.1) is 5.92 Å². The molecule has 1 aliphatic rings. The van der Waals surface area contributed by atoms with Crippen molar-refractivity contribution in [2.24, 2.45) is 5.92 Å². The molecule has 1 aromatic rings. The second-order valence-corrected chi connectivity index (χ2v) is 5.03. The first-order valence-electron chi connectivity index (χ1n) is 6.55.